The van der Waals surface area contributed by atoms with Gasteiger partial charge in [-0.05, 0) is 91.1 Å². The van der Waals surface area contributed by atoms with E-state index in [1.807, 2.05) is 17.8 Å². The minimum atomic E-state index is -3.79. The molecule has 0 N–H and O–H groups in total. The van der Waals surface area contributed by atoms with Gasteiger partial charge in [-0.2, -0.15) is 11.8 Å². The maximum atomic E-state index is 13.9. The summed E-state index contributed by atoms with van der Waals surface area (Å²) >= 11 is 7.93. The van der Waals surface area contributed by atoms with Crippen molar-refractivity contribution in [1.82, 2.24) is 0 Å². The van der Waals surface area contributed by atoms with Crippen molar-refractivity contribution in [3.63, 3.8) is 0 Å². The number of ether oxygens (including phenoxy) is 1. The lowest BCUT2D eigenvalue weighted by atomic mass is 9.70. The number of hydrogen-bond donors (Lipinski definition) is 0. The van der Waals surface area contributed by atoms with E-state index in [0.29, 0.717) is 22.2 Å². The van der Waals surface area contributed by atoms with E-state index in [1.165, 1.54) is 7.11 Å². The van der Waals surface area contributed by atoms with Gasteiger partial charge in [-0.3, -0.25) is 4.31 Å². The Morgan fingerprint density at radius 1 is 1.13 bits per heavy atom. The van der Waals surface area contributed by atoms with Crippen LogP contribution >= 0.6 is 23.4 Å². The number of sulfonamides is 1. The Bertz CT molecular complexity index is 1120. The second kappa shape index (κ2) is 7.71. The van der Waals surface area contributed by atoms with Gasteiger partial charge in [-0.25, -0.2) is 13.2 Å². The van der Waals surface area contributed by atoms with Crippen LogP contribution in [0.25, 0.3) is 0 Å². The molecule has 1 aliphatic carbocycles. The summed E-state index contributed by atoms with van der Waals surface area (Å²) in [4.78, 5) is 12.5. The lowest BCUT2D eigenvalue weighted by molar-refractivity contribution is 0.0600. The van der Waals surface area contributed by atoms with Crippen molar-refractivity contribution < 1.29 is 17.9 Å². The van der Waals surface area contributed by atoms with Crippen LogP contribution < -0.4 is 4.31 Å². The van der Waals surface area contributed by atoms with E-state index in [-0.39, 0.29) is 16.4 Å². The van der Waals surface area contributed by atoms with Crippen LogP contribution in [0.5, 0.6) is 0 Å². The van der Waals surface area contributed by atoms with Crippen molar-refractivity contribution in [3.05, 3.63) is 58.6 Å². The van der Waals surface area contributed by atoms with Crippen LogP contribution in [0.4, 0.5) is 5.69 Å². The minimum absolute atomic E-state index is 0.128. The molecule has 1 atom stereocenters. The maximum absolute atomic E-state index is 13.9. The molecule has 1 saturated heterocycles. The van der Waals surface area contributed by atoms with Gasteiger partial charge in [0.25, 0.3) is 10.0 Å². The molecule has 5 nitrogen and oxygen atoms in total. The number of esters is 1. The largest absolute Gasteiger partial charge is 0.465 e. The van der Waals surface area contributed by atoms with E-state index < -0.39 is 16.0 Å². The van der Waals surface area contributed by atoms with Crippen molar-refractivity contribution in [3.8, 4) is 0 Å². The van der Waals surface area contributed by atoms with Crippen molar-refractivity contribution in [2.24, 2.45) is 5.92 Å². The summed E-state index contributed by atoms with van der Waals surface area (Å²) in [6.07, 6.45) is 3.88. The molecule has 5 rings (SSSR count). The molecule has 0 bridgehead atoms. The second-order valence-corrected chi connectivity index (χ2v) is 12.0. The van der Waals surface area contributed by atoms with Crippen molar-refractivity contribution in [2.75, 3.05) is 22.9 Å². The zero-order chi connectivity index (χ0) is 21.8. The molecule has 0 radical (unpaired) electrons. The number of nitrogens with zero attached hydrogens (tertiary/aromatic N) is 1. The van der Waals surface area contributed by atoms with Crippen LogP contribution in [0.15, 0.2) is 47.4 Å². The number of thioether (sulfide) groups is 1. The van der Waals surface area contributed by atoms with E-state index >= 15 is 0 Å². The molecule has 1 spiro atoms. The topological polar surface area (TPSA) is 63.7 Å². The predicted molar refractivity (Wildman–Crippen MR) is 124 cm³/mol. The number of hydrogen-bond acceptors (Lipinski definition) is 5. The average Bonchev–Trinajstić information content (AvgIpc) is 3.58. The number of halogens is 1. The molecule has 1 unspecified atom stereocenters. The summed E-state index contributed by atoms with van der Waals surface area (Å²) in [6.45, 7) is 0. The fraction of sp³-hybridized carbons (Fsp3) is 0.435. The van der Waals surface area contributed by atoms with E-state index in [2.05, 4.69) is 0 Å². The molecule has 3 aliphatic rings. The first kappa shape index (κ1) is 21.2. The Morgan fingerprint density at radius 2 is 1.81 bits per heavy atom. The van der Waals surface area contributed by atoms with Gasteiger partial charge in [0.15, 0.2) is 0 Å². The second-order valence-electron chi connectivity index (χ2n) is 8.53. The molecule has 164 valence electrons. The summed E-state index contributed by atoms with van der Waals surface area (Å²) in [5, 5.41) is 0.503. The van der Waals surface area contributed by atoms with Gasteiger partial charge in [-0.15, -0.1) is 0 Å². The van der Waals surface area contributed by atoms with E-state index in [0.717, 1.165) is 42.8 Å². The third-order valence-corrected chi connectivity index (χ3v) is 9.88. The summed E-state index contributed by atoms with van der Waals surface area (Å²) in [5.41, 5.74) is 1.88. The van der Waals surface area contributed by atoms with Gasteiger partial charge < -0.3 is 4.74 Å². The Morgan fingerprint density at radius 3 is 2.42 bits per heavy atom. The van der Waals surface area contributed by atoms with E-state index in [1.54, 1.807) is 40.7 Å². The molecule has 8 heteroatoms. The fourth-order valence-corrected chi connectivity index (χ4v) is 8.41. The molecule has 1 saturated carbocycles. The van der Waals surface area contributed by atoms with Crippen molar-refractivity contribution in [2.45, 2.75) is 42.0 Å². The first-order chi connectivity index (χ1) is 14.9. The van der Waals surface area contributed by atoms with Gasteiger partial charge in [0.1, 0.15) is 0 Å². The summed E-state index contributed by atoms with van der Waals surface area (Å²) < 4.78 is 34.5. The Kier molecular flexibility index (Phi) is 5.26. The molecular formula is C23H24ClNO4S2. The molecule has 2 heterocycles. The number of rotatable bonds is 4. The first-order valence-electron chi connectivity index (χ1n) is 10.5. The number of carbonyl (C=O) groups excluding carboxylic acids is 1. The number of methoxy groups -OCH3 is 1. The fourth-order valence-electron chi connectivity index (χ4n) is 5.26. The molecular weight excluding hydrogens is 454 g/mol. The van der Waals surface area contributed by atoms with Gasteiger partial charge >= 0.3 is 5.97 Å². The van der Waals surface area contributed by atoms with Crippen LogP contribution in [0.2, 0.25) is 5.02 Å². The van der Waals surface area contributed by atoms with Crippen LogP contribution in [0.1, 0.15) is 41.6 Å². The molecule has 31 heavy (non-hydrogen) atoms. The SMILES string of the molecule is COC(=O)c1ccc2c(c1)C1(CCSCC1)C(C1CC1)N2S(=O)(=O)c1ccc(Cl)cc1. The Labute approximate surface area is 192 Å². The average molecular weight is 478 g/mol. The lowest BCUT2D eigenvalue weighted by Gasteiger charge is -2.41. The molecule has 0 aromatic heterocycles. The zero-order valence-corrected chi connectivity index (χ0v) is 19.6. The standard InChI is InChI=1S/C23H24ClNO4S2/c1-29-22(26)16-4-9-20-19(14-16)23(10-12-30-13-11-23)21(15-2-3-15)25(20)31(27,28)18-7-5-17(24)6-8-18/h4-9,14-15,21H,2-3,10-13H2,1H3. The van der Waals surface area contributed by atoms with Crippen LogP contribution in [0, 0.1) is 5.92 Å². The van der Waals surface area contributed by atoms with Crippen LogP contribution in [0.3, 0.4) is 0 Å². The van der Waals surface area contributed by atoms with Gasteiger partial charge in [0.2, 0.25) is 0 Å². The monoisotopic (exact) mass is 477 g/mol. The van der Waals surface area contributed by atoms with Crippen molar-refractivity contribution in [1.29, 1.82) is 0 Å². The first-order valence-corrected chi connectivity index (χ1v) is 13.5. The Balaban J connectivity index is 1.72. The number of fused-ring (bicyclic) bond motifs is 2. The highest BCUT2D eigenvalue weighted by atomic mass is 35.5. The Hall–Kier alpha value is -1.70. The molecule has 2 fully saturated rings. The number of anilines is 1. The van der Waals surface area contributed by atoms with Gasteiger partial charge in [0, 0.05) is 10.4 Å². The highest BCUT2D eigenvalue weighted by molar-refractivity contribution is 7.99. The normalized spacial score (nSPS) is 22.4. The molecule has 2 aromatic carbocycles. The lowest BCUT2D eigenvalue weighted by Crippen LogP contribution is -2.50. The molecule has 2 aromatic rings. The van der Waals surface area contributed by atoms with Gasteiger partial charge in [-0.1, -0.05) is 11.6 Å². The van der Waals surface area contributed by atoms with Crippen LogP contribution in [-0.2, 0) is 20.2 Å². The third-order valence-electron chi connectivity index (χ3n) is 6.83. The third kappa shape index (κ3) is 3.36. The predicted octanol–water partition coefficient (Wildman–Crippen LogP) is 4.88. The van der Waals surface area contributed by atoms with Crippen LogP contribution in [-0.4, -0.2) is 39.0 Å². The van der Waals surface area contributed by atoms with Crippen molar-refractivity contribution >= 4 is 45.0 Å². The quantitative estimate of drug-likeness (QED) is 0.587. The molecule has 0 amide bonds. The van der Waals surface area contributed by atoms with E-state index in [9.17, 15) is 13.2 Å². The number of benzene rings is 2. The highest BCUT2D eigenvalue weighted by Gasteiger charge is 2.59. The highest BCUT2D eigenvalue weighted by Crippen LogP contribution is 2.59. The van der Waals surface area contributed by atoms with E-state index in [4.69, 9.17) is 16.3 Å². The number of carbonyl (C=O) groups is 1. The summed E-state index contributed by atoms with van der Waals surface area (Å²) in [5.74, 6) is 1.91. The molecule has 2 aliphatic heterocycles. The summed E-state index contributed by atoms with van der Waals surface area (Å²) in [7, 11) is -2.42. The maximum Gasteiger partial charge on any atom is 0.337 e. The smallest absolute Gasteiger partial charge is 0.337 e. The minimum Gasteiger partial charge on any atom is -0.465 e. The van der Waals surface area contributed by atoms with Gasteiger partial charge in [0.05, 0.1) is 29.3 Å². The summed E-state index contributed by atoms with van der Waals surface area (Å²) in [6, 6.07) is 11.6. The zero-order valence-electron chi connectivity index (χ0n) is 17.2.